The van der Waals surface area contributed by atoms with E-state index in [2.05, 4.69) is 9.97 Å². The van der Waals surface area contributed by atoms with Crippen LogP contribution in [-0.2, 0) is 0 Å². The Labute approximate surface area is 157 Å². The van der Waals surface area contributed by atoms with E-state index < -0.39 is 0 Å². The predicted molar refractivity (Wildman–Crippen MR) is 108 cm³/mol. The van der Waals surface area contributed by atoms with Crippen molar-refractivity contribution in [3.05, 3.63) is 76.8 Å². The number of rotatable bonds is 4. The number of aromatic amines is 1. The predicted octanol–water partition coefficient (Wildman–Crippen LogP) is 3.46. The molecule has 0 fully saturated rings. The van der Waals surface area contributed by atoms with Crippen LogP contribution < -0.4 is 10.6 Å². The lowest BCUT2D eigenvalue weighted by Gasteiger charge is -2.14. The average molecular weight is 359 g/mol. The van der Waals surface area contributed by atoms with Gasteiger partial charge in [0.1, 0.15) is 0 Å². The van der Waals surface area contributed by atoms with Gasteiger partial charge in [0.25, 0.3) is 0 Å². The van der Waals surface area contributed by atoms with E-state index in [4.69, 9.17) is 4.98 Å². The summed E-state index contributed by atoms with van der Waals surface area (Å²) in [4.78, 5) is 26.6. The molecule has 0 aliphatic rings. The van der Waals surface area contributed by atoms with Crippen LogP contribution in [0.5, 0.6) is 0 Å². The second-order valence-electron chi connectivity index (χ2n) is 6.76. The molecule has 0 saturated heterocycles. The Bertz CT molecular complexity index is 1130. The largest absolute Gasteiger partial charge is 0.378 e. The first-order valence-electron chi connectivity index (χ1n) is 8.84. The fourth-order valence-electron chi connectivity index (χ4n) is 3.20. The van der Waals surface area contributed by atoms with Gasteiger partial charge in [-0.05, 0) is 24.6 Å². The first-order chi connectivity index (χ1) is 13.0. The maximum absolute atomic E-state index is 12.5. The zero-order valence-electron chi connectivity index (χ0n) is 15.5. The Morgan fingerprint density at radius 3 is 2.41 bits per heavy atom. The molecule has 0 radical (unpaired) electrons. The molecule has 0 unspecified atom stereocenters. The van der Waals surface area contributed by atoms with E-state index in [9.17, 15) is 4.79 Å². The summed E-state index contributed by atoms with van der Waals surface area (Å²) in [6, 6.07) is 17.9. The first-order valence-corrected chi connectivity index (χ1v) is 8.84. The standard InChI is InChI=1S/C21H21N5O/c1-14(15-7-5-4-6-8-15)26-20-19(24-21(26)27)22-13-18(23-20)16-9-11-17(12-10-16)25(2)3/h4-14H,1-3H3,(H,22,24,27)/t14-/m0/s1. The molecule has 0 bridgehead atoms. The van der Waals surface area contributed by atoms with E-state index in [1.165, 1.54) is 0 Å². The molecule has 6 nitrogen and oxygen atoms in total. The number of nitrogens with zero attached hydrogens (tertiary/aromatic N) is 4. The van der Waals surface area contributed by atoms with Crippen molar-refractivity contribution in [3.8, 4) is 11.3 Å². The molecule has 0 amide bonds. The molecular formula is C21H21N5O. The second-order valence-corrected chi connectivity index (χ2v) is 6.76. The minimum atomic E-state index is -0.207. The van der Waals surface area contributed by atoms with Crippen molar-refractivity contribution in [2.45, 2.75) is 13.0 Å². The van der Waals surface area contributed by atoms with E-state index >= 15 is 0 Å². The molecule has 4 aromatic rings. The fourth-order valence-corrected chi connectivity index (χ4v) is 3.20. The Hall–Kier alpha value is -3.41. The molecule has 136 valence electrons. The molecule has 1 atom stereocenters. The number of imidazole rings is 1. The normalized spacial score (nSPS) is 12.3. The lowest BCUT2D eigenvalue weighted by molar-refractivity contribution is 0.631. The van der Waals surface area contributed by atoms with Crippen LogP contribution in [-0.4, -0.2) is 33.6 Å². The van der Waals surface area contributed by atoms with E-state index in [1.807, 2.05) is 80.5 Å². The third kappa shape index (κ3) is 3.10. The molecule has 1 N–H and O–H groups in total. The van der Waals surface area contributed by atoms with Gasteiger partial charge in [-0.25, -0.2) is 14.8 Å². The van der Waals surface area contributed by atoms with Gasteiger partial charge in [0.15, 0.2) is 11.3 Å². The molecular weight excluding hydrogens is 338 g/mol. The molecule has 0 aliphatic heterocycles. The van der Waals surface area contributed by atoms with Crippen molar-refractivity contribution < 1.29 is 0 Å². The summed E-state index contributed by atoms with van der Waals surface area (Å²) in [6.07, 6.45) is 1.69. The molecule has 2 aromatic heterocycles. The highest BCUT2D eigenvalue weighted by molar-refractivity contribution is 5.72. The van der Waals surface area contributed by atoms with Crippen LogP contribution in [0.4, 0.5) is 5.69 Å². The summed E-state index contributed by atoms with van der Waals surface area (Å²) in [5.74, 6) is 0. The monoisotopic (exact) mass is 359 g/mol. The van der Waals surface area contributed by atoms with Gasteiger partial charge in [0.05, 0.1) is 17.9 Å². The number of hydrogen-bond acceptors (Lipinski definition) is 4. The van der Waals surface area contributed by atoms with E-state index in [0.29, 0.717) is 11.3 Å². The summed E-state index contributed by atoms with van der Waals surface area (Å²) < 4.78 is 1.66. The molecule has 0 aliphatic carbocycles. The highest BCUT2D eigenvalue weighted by Gasteiger charge is 2.17. The minimum Gasteiger partial charge on any atom is -0.378 e. The van der Waals surface area contributed by atoms with Crippen molar-refractivity contribution in [2.24, 2.45) is 0 Å². The van der Waals surface area contributed by atoms with Crippen molar-refractivity contribution >= 4 is 17.0 Å². The summed E-state index contributed by atoms with van der Waals surface area (Å²) >= 11 is 0. The molecule has 0 saturated carbocycles. The quantitative estimate of drug-likeness (QED) is 0.606. The third-order valence-corrected chi connectivity index (χ3v) is 4.78. The molecule has 0 spiro atoms. The minimum absolute atomic E-state index is 0.145. The number of H-pyrrole nitrogens is 1. The van der Waals surface area contributed by atoms with Crippen LogP contribution in [0.2, 0.25) is 0 Å². The highest BCUT2D eigenvalue weighted by Crippen LogP contribution is 2.24. The van der Waals surface area contributed by atoms with Gasteiger partial charge in [0.2, 0.25) is 0 Å². The van der Waals surface area contributed by atoms with Crippen LogP contribution in [0, 0.1) is 0 Å². The Morgan fingerprint density at radius 1 is 1.04 bits per heavy atom. The van der Waals surface area contributed by atoms with Gasteiger partial charge < -0.3 is 4.90 Å². The maximum atomic E-state index is 12.5. The van der Waals surface area contributed by atoms with Crippen LogP contribution >= 0.6 is 0 Å². The molecule has 4 rings (SSSR count). The zero-order chi connectivity index (χ0) is 19.0. The molecule has 2 heterocycles. The Balaban J connectivity index is 1.81. The zero-order valence-corrected chi connectivity index (χ0v) is 15.5. The van der Waals surface area contributed by atoms with E-state index in [-0.39, 0.29) is 11.7 Å². The Morgan fingerprint density at radius 2 is 1.74 bits per heavy atom. The van der Waals surface area contributed by atoms with E-state index in [0.717, 1.165) is 22.5 Å². The maximum Gasteiger partial charge on any atom is 0.329 e. The number of nitrogens with one attached hydrogen (secondary N) is 1. The Kier molecular flexibility index (Phi) is 4.24. The van der Waals surface area contributed by atoms with Gasteiger partial charge in [-0.1, -0.05) is 42.5 Å². The number of benzene rings is 2. The molecule has 27 heavy (non-hydrogen) atoms. The van der Waals surface area contributed by atoms with Crippen LogP contribution in [0.15, 0.2) is 65.6 Å². The van der Waals surface area contributed by atoms with Crippen LogP contribution in [0.25, 0.3) is 22.6 Å². The van der Waals surface area contributed by atoms with Gasteiger partial charge in [-0.15, -0.1) is 0 Å². The smallest absolute Gasteiger partial charge is 0.329 e. The van der Waals surface area contributed by atoms with Gasteiger partial charge in [-0.3, -0.25) is 9.55 Å². The number of aromatic nitrogens is 4. The van der Waals surface area contributed by atoms with Crippen LogP contribution in [0.3, 0.4) is 0 Å². The van der Waals surface area contributed by atoms with Gasteiger partial charge in [0, 0.05) is 25.3 Å². The van der Waals surface area contributed by atoms with Crippen molar-refractivity contribution in [3.63, 3.8) is 0 Å². The summed E-state index contributed by atoms with van der Waals surface area (Å²) in [5.41, 5.74) is 4.71. The van der Waals surface area contributed by atoms with Gasteiger partial charge >= 0.3 is 5.69 Å². The van der Waals surface area contributed by atoms with Crippen molar-refractivity contribution in [1.82, 2.24) is 19.5 Å². The molecule has 2 aromatic carbocycles. The summed E-state index contributed by atoms with van der Waals surface area (Å²) in [6.45, 7) is 1.99. The van der Waals surface area contributed by atoms with E-state index in [1.54, 1.807) is 10.8 Å². The van der Waals surface area contributed by atoms with Crippen molar-refractivity contribution in [1.29, 1.82) is 0 Å². The van der Waals surface area contributed by atoms with Crippen LogP contribution in [0.1, 0.15) is 18.5 Å². The van der Waals surface area contributed by atoms with Gasteiger partial charge in [-0.2, -0.15) is 0 Å². The third-order valence-electron chi connectivity index (χ3n) is 4.78. The highest BCUT2D eigenvalue weighted by atomic mass is 16.1. The SMILES string of the molecule is C[C@@H](c1ccccc1)n1c(=O)[nH]c2ncc(-c3ccc(N(C)C)cc3)nc21. The average Bonchev–Trinajstić information content (AvgIpc) is 3.03. The lowest BCUT2D eigenvalue weighted by atomic mass is 10.1. The summed E-state index contributed by atoms with van der Waals surface area (Å²) in [5, 5.41) is 0. The summed E-state index contributed by atoms with van der Waals surface area (Å²) in [7, 11) is 4.01. The molecule has 6 heteroatoms. The lowest BCUT2D eigenvalue weighted by Crippen LogP contribution is -2.21. The topological polar surface area (TPSA) is 66.8 Å². The number of fused-ring (bicyclic) bond motifs is 1. The van der Waals surface area contributed by atoms with Crippen molar-refractivity contribution in [2.75, 3.05) is 19.0 Å². The first kappa shape index (κ1) is 17.0. The fraction of sp³-hybridized carbons (Fsp3) is 0.190. The number of hydrogen-bond donors (Lipinski definition) is 1. The number of anilines is 1. The second kappa shape index (κ2) is 6.72.